The normalized spacial score (nSPS) is 22.2. The van der Waals surface area contributed by atoms with Crippen molar-refractivity contribution in [1.82, 2.24) is 0 Å². The van der Waals surface area contributed by atoms with Crippen molar-refractivity contribution in [3.05, 3.63) is 12.2 Å². The van der Waals surface area contributed by atoms with Gasteiger partial charge >= 0.3 is 13.8 Å². The van der Waals surface area contributed by atoms with Crippen molar-refractivity contribution in [2.45, 2.75) is 268 Å². The van der Waals surface area contributed by atoms with Crippen LogP contribution in [0.1, 0.15) is 226 Å². The van der Waals surface area contributed by atoms with E-state index in [9.17, 15) is 39.8 Å². The van der Waals surface area contributed by atoms with E-state index in [0.717, 1.165) is 51.4 Å². The van der Waals surface area contributed by atoms with Crippen molar-refractivity contribution in [1.29, 1.82) is 0 Å². The fraction of sp³-hybridized carbons (Fsp3) is 0.938. The number of allylic oxidation sites excluding steroid dienone is 2. The zero-order chi connectivity index (χ0) is 44.8. The third kappa shape index (κ3) is 31.6. The molecule has 362 valence electrons. The second kappa shape index (κ2) is 39.4. The molecule has 12 nitrogen and oxygen atoms in total. The molecule has 1 saturated carbocycles. The number of aliphatic hydroxyl groups excluding tert-OH is 5. The Hall–Kier alpha value is -0.920. The molecule has 0 bridgehead atoms. The van der Waals surface area contributed by atoms with Crippen LogP contribution in [-0.4, -0.2) is 98.9 Å². The van der Waals surface area contributed by atoms with E-state index in [0.29, 0.717) is 13.0 Å². The summed E-state index contributed by atoms with van der Waals surface area (Å²) in [5.74, 6) is -0.474. The first kappa shape index (κ1) is 58.1. The Morgan fingerprint density at radius 3 is 1.30 bits per heavy atom. The highest BCUT2D eigenvalue weighted by Gasteiger charge is 2.51. The molecule has 1 rings (SSSR count). The molecule has 0 aromatic heterocycles. The first-order valence-corrected chi connectivity index (χ1v) is 26.5. The molecule has 1 aliphatic rings. The van der Waals surface area contributed by atoms with Gasteiger partial charge in [0.15, 0.2) is 0 Å². The summed E-state index contributed by atoms with van der Waals surface area (Å²) in [5.41, 5.74) is 0. The number of hydrogen-bond acceptors (Lipinski definition) is 11. The third-order valence-electron chi connectivity index (χ3n) is 11.9. The van der Waals surface area contributed by atoms with Crippen LogP contribution >= 0.6 is 7.82 Å². The van der Waals surface area contributed by atoms with Crippen LogP contribution in [0.15, 0.2) is 12.2 Å². The lowest BCUT2D eigenvalue weighted by Crippen LogP contribution is -2.64. The van der Waals surface area contributed by atoms with E-state index in [1.165, 1.54) is 148 Å². The van der Waals surface area contributed by atoms with Crippen molar-refractivity contribution in [3.8, 4) is 0 Å². The van der Waals surface area contributed by atoms with Crippen LogP contribution in [0.25, 0.3) is 0 Å². The Balaban J connectivity index is 2.34. The number of carbonyl (C=O) groups is 1. The average molecular weight is 893 g/mol. The van der Waals surface area contributed by atoms with E-state index >= 15 is 0 Å². The SMILES string of the molecule is CCCCCCC/C=C\CCCCCCCCOCC(COP(=O)(O)OC1C(O)C(O)C(O)C(O)C1O)OC(=O)CCCCCCCCCCCCCCCCCCCCC. The zero-order valence-corrected chi connectivity index (χ0v) is 39.6. The molecule has 0 aliphatic heterocycles. The third-order valence-corrected chi connectivity index (χ3v) is 12.9. The van der Waals surface area contributed by atoms with Gasteiger partial charge in [0.1, 0.15) is 42.7 Å². The predicted molar refractivity (Wildman–Crippen MR) is 244 cm³/mol. The highest BCUT2D eigenvalue weighted by molar-refractivity contribution is 7.47. The monoisotopic (exact) mass is 893 g/mol. The number of esters is 1. The summed E-state index contributed by atoms with van der Waals surface area (Å²) >= 11 is 0. The lowest BCUT2D eigenvalue weighted by Gasteiger charge is -2.41. The number of unbranched alkanes of at least 4 members (excludes halogenated alkanes) is 29. The van der Waals surface area contributed by atoms with Gasteiger partial charge in [-0.1, -0.05) is 193 Å². The molecule has 6 unspecified atom stereocenters. The maximum atomic E-state index is 12.8. The van der Waals surface area contributed by atoms with Gasteiger partial charge in [0.25, 0.3) is 0 Å². The molecule has 13 heteroatoms. The second-order valence-corrected chi connectivity index (χ2v) is 19.1. The van der Waals surface area contributed by atoms with Crippen LogP contribution in [0.2, 0.25) is 0 Å². The van der Waals surface area contributed by atoms with Crippen molar-refractivity contribution >= 4 is 13.8 Å². The highest BCUT2D eigenvalue weighted by Crippen LogP contribution is 2.47. The molecular formula is C48H93O12P. The fourth-order valence-electron chi connectivity index (χ4n) is 7.88. The lowest BCUT2D eigenvalue weighted by atomic mass is 9.85. The smallest absolute Gasteiger partial charge is 0.457 e. The number of ether oxygens (including phenoxy) is 2. The minimum absolute atomic E-state index is 0.0752. The summed E-state index contributed by atoms with van der Waals surface area (Å²) in [4.78, 5) is 23.2. The van der Waals surface area contributed by atoms with Gasteiger partial charge in [-0.3, -0.25) is 13.8 Å². The first-order valence-electron chi connectivity index (χ1n) is 25.0. The summed E-state index contributed by atoms with van der Waals surface area (Å²) in [7, 11) is -5.02. The molecule has 0 saturated heterocycles. The predicted octanol–water partition coefficient (Wildman–Crippen LogP) is 10.7. The van der Waals surface area contributed by atoms with Gasteiger partial charge in [0, 0.05) is 13.0 Å². The van der Waals surface area contributed by atoms with Gasteiger partial charge in [0.05, 0.1) is 13.2 Å². The molecule has 0 radical (unpaired) electrons. The molecule has 0 spiro atoms. The van der Waals surface area contributed by atoms with Crippen LogP contribution in [0, 0.1) is 0 Å². The Morgan fingerprint density at radius 2 is 0.869 bits per heavy atom. The summed E-state index contributed by atoms with van der Waals surface area (Å²) in [6, 6.07) is 0. The van der Waals surface area contributed by atoms with E-state index in [1.54, 1.807) is 0 Å². The van der Waals surface area contributed by atoms with Gasteiger partial charge < -0.3 is 39.9 Å². The Bertz CT molecular complexity index is 1060. The summed E-state index contributed by atoms with van der Waals surface area (Å²) in [6.45, 7) is 4.27. The Kier molecular flexibility index (Phi) is 37.6. The minimum atomic E-state index is -5.02. The van der Waals surface area contributed by atoms with Gasteiger partial charge in [-0.05, 0) is 38.5 Å². The molecular weight excluding hydrogens is 799 g/mol. The molecule has 6 N–H and O–H groups in total. The van der Waals surface area contributed by atoms with Crippen molar-refractivity contribution in [3.63, 3.8) is 0 Å². The number of carbonyl (C=O) groups excluding carboxylic acids is 1. The lowest BCUT2D eigenvalue weighted by molar-refractivity contribution is -0.220. The molecule has 0 aromatic carbocycles. The number of rotatable bonds is 43. The molecule has 0 aromatic rings. The van der Waals surface area contributed by atoms with Crippen LogP contribution < -0.4 is 0 Å². The van der Waals surface area contributed by atoms with Gasteiger partial charge in [-0.2, -0.15) is 0 Å². The summed E-state index contributed by atoms with van der Waals surface area (Å²) < 4.78 is 34.2. The van der Waals surface area contributed by atoms with Gasteiger partial charge in [-0.25, -0.2) is 4.57 Å². The van der Waals surface area contributed by atoms with Crippen LogP contribution in [0.4, 0.5) is 0 Å². The van der Waals surface area contributed by atoms with Crippen molar-refractivity contribution in [2.24, 2.45) is 0 Å². The molecule has 1 fully saturated rings. The molecule has 61 heavy (non-hydrogen) atoms. The van der Waals surface area contributed by atoms with E-state index < -0.39 is 63.1 Å². The van der Waals surface area contributed by atoms with E-state index in [2.05, 4.69) is 26.0 Å². The summed E-state index contributed by atoms with van der Waals surface area (Å²) in [5, 5.41) is 50.2. The second-order valence-electron chi connectivity index (χ2n) is 17.7. The number of phosphoric acid groups is 1. The standard InChI is InChI=1S/C48H93O12P/c1-3-5-7-9-11-13-15-17-19-20-21-22-23-25-27-29-31-33-35-37-42(49)59-41(40-58-61(55,56)60-48-46(53)44(51)43(50)45(52)47(48)54)39-57-38-36-34-32-30-28-26-24-18-16-14-12-10-8-6-4-2/h16,18,41,43-48,50-54H,3-15,17,19-40H2,1-2H3,(H,55,56)/b18-16-. The number of aliphatic hydroxyl groups is 5. The van der Waals surface area contributed by atoms with Crippen LogP contribution in [0.5, 0.6) is 0 Å². The van der Waals surface area contributed by atoms with Crippen LogP contribution in [0.3, 0.4) is 0 Å². The fourth-order valence-corrected chi connectivity index (χ4v) is 8.85. The van der Waals surface area contributed by atoms with Crippen molar-refractivity contribution < 1.29 is 58.3 Å². The molecule has 6 atom stereocenters. The number of phosphoric ester groups is 1. The largest absolute Gasteiger partial charge is 0.472 e. The van der Waals surface area contributed by atoms with E-state index in [4.69, 9.17) is 18.5 Å². The topological polar surface area (TPSA) is 192 Å². The van der Waals surface area contributed by atoms with E-state index in [-0.39, 0.29) is 13.0 Å². The maximum Gasteiger partial charge on any atom is 0.472 e. The summed E-state index contributed by atoms with van der Waals surface area (Å²) in [6.07, 6.45) is 31.3. The molecule has 0 heterocycles. The van der Waals surface area contributed by atoms with Gasteiger partial charge in [-0.15, -0.1) is 0 Å². The van der Waals surface area contributed by atoms with Crippen LogP contribution in [-0.2, 0) is 27.9 Å². The number of hydrogen-bond donors (Lipinski definition) is 6. The highest BCUT2D eigenvalue weighted by atomic mass is 31.2. The Morgan fingerprint density at radius 1 is 0.508 bits per heavy atom. The zero-order valence-electron chi connectivity index (χ0n) is 38.7. The quantitative estimate of drug-likeness (QED) is 0.0147. The minimum Gasteiger partial charge on any atom is -0.457 e. The van der Waals surface area contributed by atoms with Crippen molar-refractivity contribution in [2.75, 3.05) is 19.8 Å². The average Bonchev–Trinajstić information content (AvgIpc) is 3.24. The molecule has 0 amide bonds. The first-order chi connectivity index (χ1) is 29.5. The molecule has 1 aliphatic carbocycles. The van der Waals surface area contributed by atoms with Gasteiger partial charge in [0.2, 0.25) is 0 Å². The van der Waals surface area contributed by atoms with E-state index in [1.807, 2.05) is 0 Å². The Labute approximate surface area is 371 Å². The maximum absolute atomic E-state index is 12.8.